The second-order valence-corrected chi connectivity index (χ2v) is 7.54. The van der Waals surface area contributed by atoms with Gasteiger partial charge in [-0.1, -0.05) is 57.8 Å². The summed E-state index contributed by atoms with van der Waals surface area (Å²) in [6, 6.07) is 0. The molecule has 0 spiro atoms. The van der Waals surface area contributed by atoms with Crippen LogP contribution < -0.4 is 0 Å². The van der Waals surface area contributed by atoms with E-state index in [0.717, 1.165) is 25.7 Å². The Morgan fingerprint density at radius 3 is 1.35 bits per heavy atom. The van der Waals surface area contributed by atoms with Crippen molar-refractivity contribution in [3.05, 3.63) is 0 Å². The van der Waals surface area contributed by atoms with E-state index in [9.17, 15) is 13.0 Å². The van der Waals surface area contributed by atoms with Crippen LogP contribution in [0.15, 0.2) is 0 Å². The lowest BCUT2D eigenvalue weighted by Gasteiger charge is -2.26. The van der Waals surface area contributed by atoms with Gasteiger partial charge in [-0.15, -0.1) is 0 Å². The first kappa shape index (κ1) is 15.0. The normalized spacial score (nSPS) is 24.6. The second-order valence-electron chi connectivity index (χ2n) is 5.61. The van der Waals surface area contributed by atoms with Crippen LogP contribution in [0.3, 0.4) is 0 Å². The summed E-state index contributed by atoms with van der Waals surface area (Å²) in [6.07, 6.45) is 11.4. The van der Waals surface area contributed by atoms with Crippen LogP contribution in [-0.2, 0) is 10.1 Å². The van der Waals surface area contributed by atoms with Crippen LogP contribution in [0.4, 0.5) is 0 Å². The third-order valence-corrected chi connectivity index (χ3v) is 5.69. The molecule has 0 aromatic rings. The van der Waals surface area contributed by atoms with Gasteiger partial charge in [0.25, 0.3) is 10.1 Å². The van der Waals surface area contributed by atoms with Gasteiger partial charge in [-0.2, -0.15) is 8.42 Å². The molecule has 3 nitrogen and oxygen atoms in total. The summed E-state index contributed by atoms with van der Waals surface area (Å²) < 4.78 is 31.4. The van der Waals surface area contributed by atoms with Gasteiger partial charge in [0, 0.05) is 0 Å². The van der Waals surface area contributed by atoms with Crippen molar-refractivity contribution in [1.82, 2.24) is 0 Å². The van der Waals surface area contributed by atoms with Gasteiger partial charge in [0.2, 0.25) is 0 Å². The zero-order valence-electron chi connectivity index (χ0n) is 11.0. The highest BCUT2D eigenvalue weighted by molar-refractivity contribution is 7.87. The Morgan fingerprint density at radius 2 is 1.06 bits per heavy atom. The van der Waals surface area contributed by atoms with Gasteiger partial charge in [0.1, 0.15) is 0 Å². The van der Waals surface area contributed by atoms with Gasteiger partial charge in [-0.05, 0) is 19.8 Å². The van der Waals surface area contributed by atoms with Gasteiger partial charge in [-0.25, -0.2) is 0 Å². The van der Waals surface area contributed by atoms with E-state index in [0.29, 0.717) is 12.8 Å². The van der Waals surface area contributed by atoms with Crippen LogP contribution in [0, 0.1) is 0 Å². The minimum Gasteiger partial charge on any atom is -0.285 e. The van der Waals surface area contributed by atoms with Gasteiger partial charge < -0.3 is 0 Å². The Hall–Kier alpha value is -0.0900. The average Bonchev–Trinajstić information content (AvgIpc) is 2.21. The predicted octanol–water partition coefficient (Wildman–Crippen LogP) is 3.94. The van der Waals surface area contributed by atoms with E-state index in [1.165, 1.54) is 32.1 Å². The number of hydrogen-bond acceptors (Lipinski definition) is 2. The summed E-state index contributed by atoms with van der Waals surface area (Å²) in [5.41, 5.74) is 0. The number of hydrogen-bond donors (Lipinski definition) is 1. The molecule has 1 aliphatic carbocycles. The highest BCUT2D eigenvalue weighted by atomic mass is 32.2. The Morgan fingerprint density at radius 1 is 0.765 bits per heavy atom. The van der Waals surface area contributed by atoms with Crippen molar-refractivity contribution >= 4 is 10.1 Å². The standard InChI is InChI=1S/C13H26O3S/c1-13(17(14,15)16)11-9-7-5-3-2-4-6-8-10-12-13/h2-12H2,1H3,(H,14,15,16). The van der Waals surface area contributed by atoms with E-state index in [2.05, 4.69) is 0 Å². The van der Waals surface area contributed by atoms with Crippen molar-refractivity contribution in [3.63, 3.8) is 0 Å². The maximum Gasteiger partial charge on any atom is 0.270 e. The highest BCUT2D eigenvalue weighted by Gasteiger charge is 2.36. The van der Waals surface area contributed by atoms with Crippen molar-refractivity contribution < 1.29 is 13.0 Å². The van der Waals surface area contributed by atoms with Crippen LogP contribution in [0.5, 0.6) is 0 Å². The molecule has 0 amide bonds. The molecule has 0 atom stereocenters. The number of rotatable bonds is 1. The molecule has 0 saturated heterocycles. The summed E-state index contributed by atoms with van der Waals surface area (Å²) in [5.74, 6) is 0. The SMILES string of the molecule is CC1(S(=O)(=O)O)CCCCCCCCCCC1. The molecule has 0 aliphatic heterocycles. The second kappa shape index (κ2) is 6.74. The molecular weight excluding hydrogens is 236 g/mol. The first-order valence-electron chi connectivity index (χ1n) is 6.93. The van der Waals surface area contributed by atoms with E-state index in [1.54, 1.807) is 6.92 Å². The molecule has 17 heavy (non-hydrogen) atoms. The quantitative estimate of drug-likeness (QED) is 0.728. The molecule has 102 valence electrons. The Labute approximate surface area is 106 Å². The molecule has 0 heterocycles. The molecule has 0 bridgehead atoms. The fourth-order valence-electron chi connectivity index (χ4n) is 2.62. The predicted molar refractivity (Wildman–Crippen MR) is 70.7 cm³/mol. The van der Waals surface area contributed by atoms with Crippen LogP contribution in [-0.4, -0.2) is 17.7 Å². The minimum absolute atomic E-state index is 0.603. The summed E-state index contributed by atoms with van der Waals surface area (Å²) in [4.78, 5) is 0. The van der Waals surface area contributed by atoms with E-state index < -0.39 is 14.9 Å². The van der Waals surface area contributed by atoms with Crippen LogP contribution in [0.1, 0.15) is 77.6 Å². The maximum absolute atomic E-state index is 11.5. The third kappa shape index (κ3) is 4.96. The van der Waals surface area contributed by atoms with Crippen molar-refractivity contribution in [2.24, 2.45) is 0 Å². The Kier molecular flexibility index (Phi) is 5.93. The largest absolute Gasteiger partial charge is 0.285 e. The van der Waals surface area contributed by atoms with Gasteiger partial charge in [0.15, 0.2) is 0 Å². The van der Waals surface area contributed by atoms with Crippen molar-refractivity contribution in [2.75, 3.05) is 0 Å². The summed E-state index contributed by atoms with van der Waals surface area (Å²) in [7, 11) is -3.91. The summed E-state index contributed by atoms with van der Waals surface area (Å²) >= 11 is 0. The molecule has 1 fully saturated rings. The van der Waals surface area contributed by atoms with Crippen molar-refractivity contribution in [2.45, 2.75) is 82.3 Å². The van der Waals surface area contributed by atoms with Gasteiger partial charge in [0.05, 0.1) is 4.75 Å². The van der Waals surface area contributed by atoms with Crippen molar-refractivity contribution in [3.8, 4) is 0 Å². The van der Waals surface area contributed by atoms with E-state index in [1.807, 2.05) is 0 Å². The molecule has 0 radical (unpaired) electrons. The lowest BCUT2D eigenvalue weighted by Crippen LogP contribution is -2.35. The lowest BCUT2D eigenvalue weighted by atomic mass is 9.93. The zero-order chi connectivity index (χ0) is 12.8. The molecule has 1 saturated carbocycles. The Balaban J connectivity index is 2.60. The monoisotopic (exact) mass is 262 g/mol. The molecular formula is C13H26O3S. The molecule has 0 aromatic carbocycles. The smallest absolute Gasteiger partial charge is 0.270 e. The van der Waals surface area contributed by atoms with Crippen molar-refractivity contribution in [1.29, 1.82) is 0 Å². The highest BCUT2D eigenvalue weighted by Crippen LogP contribution is 2.30. The average molecular weight is 262 g/mol. The maximum atomic E-state index is 11.5. The van der Waals surface area contributed by atoms with Crippen LogP contribution >= 0.6 is 0 Å². The molecule has 1 N–H and O–H groups in total. The van der Waals surface area contributed by atoms with E-state index in [-0.39, 0.29) is 0 Å². The minimum atomic E-state index is -3.91. The summed E-state index contributed by atoms with van der Waals surface area (Å²) in [5, 5.41) is 0. The summed E-state index contributed by atoms with van der Waals surface area (Å²) in [6.45, 7) is 1.70. The Bertz CT molecular complexity index is 297. The topological polar surface area (TPSA) is 54.4 Å². The van der Waals surface area contributed by atoms with Crippen LogP contribution in [0.25, 0.3) is 0 Å². The van der Waals surface area contributed by atoms with Crippen LogP contribution in [0.2, 0.25) is 0 Å². The fraction of sp³-hybridized carbons (Fsp3) is 1.00. The molecule has 0 unspecified atom stereocenters. The van der Waals surface area contributed by atoms with E-state index in [4.69, 9.17) is 0 Å². The molecule has 1 rings (SSSR count). The molecule has 0 aromatic heterocycles. The molecule has 4 heteroatoms. The third-order valence-electron chi connectivity index (χ3n) is 4.03. The van der Waals surface area contributed by atoms with Gasteiger partial charge >= 0.3 is 0 Å². The first-order chi connectivity index (χ1) is 7.96. The first-order valence-corrected chi connectivity index (χ1v) is 8.37. The molecule has 1 aliphatic rings. The fourth-order valence-corrected chi connectivity index (χ4v) is 3.42. The van der Waals surface area contributed by atoms with E-state index >= 15 is 0 Å². The lowest BCUT2D eigenvalue weighted by molar-refractivity contribution is 0.381. The van der Waals surface area contributed by atoms with Gasteiger partial charge in [-0.3, -0.25) is 4.55 Å². The zero-order valence-corrected chi connectivity index (χ0v) is 11.8.